The molecule has 0 saturated carbocycles. The van der Waals surface area contributed by atoms with E-state index < -0.39 is 0 Å². The average Bonchev–Trinajstić information content (AvgIpc) is 2.13. The van der Waals surface area contributed by atoms with E-state index in [0.717, 1.165) is 12.8 Å². The maximum atomic E-state index is 9.46. The van der Waals surface area contributed by atoms with Gasteiger partial charge in [0, 0.05) is 0 Å². The lowest BCUT2D eigenvalue weighted by Gasteiger charge is -2.25. The standard InChI is InChI=1S/C14H22O/c1-5-11(10-14(2,3)4)12-7-6-8-13(15)9-12/h6-9,11,15H,5,10H2,1-4H3. The summed E-state index contributed by atoms with van der Waals surface area (Å²) in [6, 6.07) is 7.66. The molecule has 1 aromatic carbocycles. The molecule has 84 valence electrons. The topological polar surface area (TPSA) is 20.2 Å². The monoisotopic (exact) mass is 206 g/mol. The second-order valence-corrected chi connectivity index (χ2v) is 5.46. The smallest absolute Gasteiger partial charge is 0.115 e. The van der Waals surface area contributed by atoms with Crippen LogP contribution in [0.25, 0.3) is 0 Å². The molecule has 0 saturated heterocycles. The molecule has 0 aliphatic heterocycles. The Morgan fingerprint density at radius 1 is 1.27 bits per heavy atom. The molecule has 0 aromatic heterocycles. The molecule has 0 bridgehead atoms. The first kappa shape index (κ1) is 12.1. The largest absolute Gasteiger partial charge is 0.508 e. The van der Waals surface area contributed by atoms with Crippen LogP contribution in [-0.2, 0) is 0 Å². The van der Waals surface area contributed by atoms with Gasteiger partial charge in [-0.3, -0.25) is 0 Å². The van der Waals surface area contributed by atoms with Gasteiger partial charge in [-0.15, -0.1) is 0 Å². The minimum atomic E-state index is 0.339. The molecule has 0 amide bonds. The first-order valence-electron chi connectivity index (χ1n) is 5.71. The highest BCUT2D eigenvalue weighted by Gasteiger charge is 2.18. The molecule has 1 nitrogen and oxygen atoms in total. The zero-order valence-corrected chi connectivity index (χ0v) is 10.2. The van der Waals surface area contributed by atoms with E-state index in [1.165, 1.54) is 5.56 Å². The van der Waals surface area contributed by atoms with Crippen LogP contribution in [0, 0.1) is 5.41 Å². The minimum Gasteiger partial charge on any atom is -0.508 e. The summed E-state index contributed by atoms with van der Waals surface area (Å²) in [5.41, 5.74) is 1.60. The van der Waals surface area contributed by atoms with Gasteiger partial charge in [-0.25, -0.2) is 0 Å². The Labute approximate surface area is 93.1 Å². The third-order valence-corrected chi connectivity index (χ3v) is 2.69. The molecular formula is C14H22O. The van der Waals surface area contributed by atoms with E-state index in [2.05, 4.69) is 33.8 Å². The van der Waals surface area contributed by atoms with Crippen molar-refractivity contribution < 1.29 is 5.11 Å². The number of rotatable bonds is 3. The minimum absolute atomic E-state index is 0.339. The maximum absolute atomic E-state index is 9.46. The molecule has 0 spiro atoms. The summed E-state index contributed by atoms with van der Waals surface area (Å²) < 4.78 is 0. The molecule has 0 aliphatic carbocycles. The van der Waals surface area contributed by atoms with Crippen LogP contribution in [0.5, 0.6) is 5.75 Å². The van der Waals surface area contributed by atoms with E-state index in [1.807, 2.05) is 12.1 Å². The quantitative estimate of drug-likeness (QED) is 0.780. The van der Waals surface area contributed by atoms with Gasteiger partial charge in [0.25, 0.3) is 0 Å². The summed E-state index contributed by atoms with van der Waals surface area (Å²) in [6.45, 7) is 9.00. The van der Waals surface area contributed by atoms with Gasteiger partial charge in [0.1, 0.15) is 5.75 Å². The molecule has 0 heterocycles. The van der Waals surface area contributed by atoms with Crippen molar-refractivity contribution in [1.82, 2.24) is 0 Å². The number of benzene rings is 1. The molecule has 1 aromatic rings. The second-order valence-electron chi connectivity index (χ2n) is 5.46. The van der Waals surface area contributed by atoms with Crippen LogP contribution in [0.2, 0.25) is 0 Å². The Morgan fingerprint density at radius 2 is 1.93 bits per heavy atom. The summed E-state index contributed by atoms with van der Waals surface area (Å²) in [7, 11) is 0. The third kappa shape index (κ3) is 3.94. The zero-order valence-electron chi connectivity index (χ0n) is 10.2. The molecule has 1 rings (SSSR count). The summed E-state index contributed by atoms with van der Waals surface area (Å²) in [4.78, 5) is 0. The lowest BCUT2D eigenvalue weighted by atomic mass is 9.80. The Bertz CT molecular complexity index is 309. The fourth-order valence-electron chi connectivity index (χ4n) is 2.02. The summed E-state index contributed by atoms with van der Waals surface area (Å²) >= 11 is 0. The van der Waals surface area contributed by atoms with Gasteiger partial charge in [-0.05, 0) is 41.9 Å². The van der Waals surface area contributed by atoms with Gasteiger partial charge in [0.05, 0.1) is 0 Å². The number of phenols is 1. The van der Waals surface area contributed by atoms with Gasteiger partial charge in [0.2, 0.25) is 0 Å². The van der Waals surface area contributed by atoms with Gasteiger partial charge < -0.3 is 5.11 Å². The molecule has 0 fully saturated rings. The van der Waals surface area contributed by atoms with Crippen molar-refractivity contribution in [3.63, 3.8) is 0 Å². The predicted molar refractivity (Wildman–Crippen MR) is 65.2 cm³/mol. The van der Waals surface area contributed by atoms with E-state index in [9.17, 15) is 5.11 Å². The van der Waals surface area contributed by atoms with Crippen molar-refractivity contribution in [3.05, 3.63) is 29.8 Å². The maximum Gasteiger partial charge on any atom is 0.115 e. The van der Waals surface area contributed by atoms with Crippen molar-refractivity contribution in [2.75, 3.05) is 0 Å². The van der Waals surface area contributed by atoms with E-state index in [-0.39, 0.29) is 0 Å². The zero-order chi connectivity index (χ0) is 11.5. The lowest BCUT2D eigenvalue weighted by molar-refractivity contribution is 0.334. The van der Waals surface area contributed by atoms with Crippen molar-refractivity contribution in [1.29, 1.82) is 0 Å². The fourth-order valence-corrected chi connectivity index (χ4v) is 2.02. The molecule has 15 heavy (non-hydrogen) atoms. The van der Waals surface area contributed by atoms with Crippen LogP contribution in [-0.4, -0.2) is 5.11 Å². The Hall–Kier alpha value is -0.980. The van der Waals surface area contributed by atoms with Crippen molar-refractivity contribution >= 4 is 0 Å². The summed E-state index contributed by atoms with van der Waals surface area (Å²) in [6.07, 6.45) is 2.29. The molecule has 0 aliphatic rings. The molecule has 1 N–H and O–H groups in total. The van der Waals surface area contributed by atoms with E-state index in [0.29, 0.717) is 17.1 Å². The van der Waals surface area contributed by atoms with E-state index in [4.69, 9.17) is 0 Å². The van der Waals surface area contributed by atoms with Crippen LogP contribution >= 0.6 is 0 Å². The Morgan fingerprint density at radius 3 is 2.40 bits per heavy atom. The molecular weight excluding hydrogens is 184 g/mol. The predicted octanol–water partition coefficient (Wildman–Crippen LogP) is 4.32. The second kappa shape index (κ2) is 4.69. The van der Waals surface area contributed by atoms with Crippen LogP contribution in [0.1, 0.15) is 52.0 Å². The van der Waals surface area contributed by atoms with Crippen molar-refractivity contribution in [2.45, 2.75) is 46.5 Å². The Balaban J connectivity index is 2.83. The van der Waals surface area contributed by atoms with Crippen molar-refractivity contribution in [2.24, 2.45) is 5.41 Å². The van der Waals surface area contributed by atoms with E-state index >= 15 is 0 Å². The highest BCUT2D eigenvalue weighted by molar-refractivity contribution is 5.29. The van der Waals surface area contributed by atoms with Crippen LogP contribution < -0.4 is 0 Å². The van der Waals surface area contributed by atoms with Crippen molar-refractivity contribution in [3.8, 4) is 5.75 Å². The lowest BCUT2D eigenvalue weighted by Crippen LogP contribution is -2.11. The highest BCUT2D eigenvalue weighted by Crippen LogP contribution is 2.34. The summed E-state index contributed by atoms with van der Waals surface area (Å²) in [5, 5.41) is 9.46. The van der Waals surface area contributed by atoms with Gasteiger partial charge in [-0.2, -0.15) is 0 Å². The molecule has 1 unspecified atom stereocenters. The van der Waals surface area contributed by atoms with Crippen LogP contribution in [0.4, 0.5) is 0 Å². The van der Waals surface area contributed by atoms with Gasteiger partial charge >= 0.3 is 0 Å². The SMILES string of the molecule is CCC(CC(C)(C)C)c1cccc(O)c1. The number of hydrogen-bond donors (Lipinski definition) is 1. The molecule has 0 radical (unpaired) electrons. The van der Waals surface area contributed by atoms with Gasteiger partial charge in [-0.1, -0.05) is 39.8 Å². The first-order chi connectivity index (χ1) is 6.92. The van der Waals surface area contributed by atoms with Crippen LogP contribution in [0.15, 0.2) is 24.3 Å². The average molecular weight is 206 g/mol. The molecule has 1 heteroatoms. The van der Waals surface area contributed by atoms with Gasteiger partial charge in [0.15, 0.2) is 0 Å². The molecule has 1 atom stereocenters. The van der Waals surface area contributed by atoms with E-state index in [1.54, 1.807) is 6.07 Å². The normalized spacial score (nSPS) is 13.9. The first-order valence-corrected chi connectivity index (χ1v) is 5.71. The third-order valence-electron chi connectivity index (χ3n) is 2.69. The fraction of sp³-hybridized carbons (Fsp3) is 0.571. The number of aromatic hydroxyl groups is 1. The summed E-state index contributed by atoms with van der Waals surface area (Å²) in [5.74, 6) is 0.928. The number of hydrogen-bond acceptors (Lipinski definition) is 1. The number of phenolic OH excluding ortho intramolecular Hbond substituents is 1. The Kier molecular flexibility index (Phi) is 3.78. The highest BCUT2D eigenvalue weighted by atomic mass is 16.3. The van der Waals surface area contributed by atoms with Crippen LogP contribution in [0.3, 0.4) is 0 Å².